The van der Waals surface area contributed by atoms with E-state index < -0.39 is 48.4 Å². The van der Waals surface area contributed by atoms with Crippen LogP contribution in [0.25, 0.3) is 10.9 Å². The van der Waals surface area contributed by atoms with Gasteiger partial charge in [0, 0.05) is 35.4 Å². The van der Waals surface area contributed by atoms with Crippen molar-refractivity contribution in [3.05, 3.63) is 54.2 Å². The first kappa shape index (κ1) is 24.5. The van der Waals surface area contributed by atoms with Crippen molar-refractivity contribution in [2.45, 2.75) is 37.9 Å². The van der Waals surface area contributed by atoms with Gasteiger partial charge in [-0.25, -0.2) is 4.98 Å². The average molecular weight is 470 g/mol. The highest BCUT2D eigenvalue weighted by Gasteiger charge is 2.25. The minimum absolute atomic E-state index is 0.0535. The largest absolute Gasteiger partial charge is 0.480 e. The summed E-state index contributed by atoms with van der Waals surface area (Å²) < 4.78 is 0. The molecule has 1 aromatic carbocycles. The first-order valence-electron chi connectivity index (χ1n) is 10.6. The van der Waals surface area contributed by atoms with E-state index in [9.17, 15) is 19.2 Å². The molecular weight excluding hydrogens is 442 g/mol. The van der Waals surface area contributed by atoms with Crippen LogP contribution in [-0.4, -0.2) is 68.4 Å². The minimum Gasteiger partial charge on any atom is -0.480 e. The summed E-state index contributed by atoms with van der Waals surface area (Å²) >= 11 is 0. The van der Waals surface area contributed by atoms with Crippen LogP contribution in [-0.2, 0) is 32.0 Å². The lowest BCUT2D eigenvalue weighted by Gasteiger charge is -2.20. The number of nitrogens with two attached hydrogens (primary N) is 1. The van der Waals surface area contributed by atoms with Crippen molar-refractivity contribution in [2.75, 3.05) is 6.54 Å². The van der Waals surface area contributed by atoms with E-state index in [0.29, 0.717) is 5.69 Å². The highest BCUT2D eigenvalue weighted by atomic mass is 16.4. The molecule has 0 aliphatic heterocycles. The average Bonchev–Trinajstić information content (AvgIpc) is 3.47. The van der Waals surface area contributed by atoms with Crippen molar-refractivity contribution in [3.63, 3.8) is 0 Å². The van der Waals surface area contributed by atoms with Crippen LogP contribution in [0, 0.1) is 0 Å². The molecule has 0 spiro atoms. The number of rotatable bonds is 11. The number of nitrogens with zero attached hydrogens (tertiary/aromatic N) is 1. The molecule has 180 valence electrons. The van der Waals surface area contributed by atoms with Crippen molar-refractivity contribution in [2.24, 2.45) is 5.73 Å². The van der Waals surface area contributed by atoms with E-state index in [1.807, 2.05) is 24.3 Å². The summed E-state index contributed by atoms with van der Waals surface area (Å²) in [5.74, 6) is -3.04. The van der Waals surface area contributed by atoms with E-state index in [4.69, 9.17) is 10.8 Å². The second-order valence-electron chi connectivity index (χ2n) is 7.86. The Labute approximate surface area is 194 Å². The summed E-state index contributed by atoms with van der Waals surface area (Å²) in [6, 6.07) is 4.53. The van der Waals surface area contributed by atoms with Gasteiger partial charge in [-0.15, -0.1) is 0 Å². The lowest BCUT2D eigenvalue weighted by atomic mass is 10.1. The van der Waals surface area contributed by atoms with Crippen molar-refractivity contribution >= 4 is 34.6 Å². The Morgan fingerprint density at radius 1 is 1.09 bits per heavy atom. The molecule has 0 fully saturated rings. The van der Waals surface area contributed by atoms with Gasteiger partial charge < -0.3 is 36.8 Å². The number of nitrogens with one attached hydrogen (secondary N) is 5. The zero-order valence-electron chi connectivity index (χ0n) is 18.5. The monoisotopic (exact) mass is 469 g/mol. The number of H-pyrrole nitrogens is 2. The molecule has 12 heteroatoms. The fraction of sp³-hybridized carbons (Fsp3) is 0.318. The number of carbonyl (C=O) groups is 4. The third-order valence-corrected chi connectivity index (χ3v) is 5.23. The third kappa shape index (κ3) is 6.42. The van der Waals surface area contributed by atoms with Crippen molar-refractivity contribution in [1.82, 2.24) is 30.9 Å². The van der Waals surface area contributed by atoms with Crippen LogP contribution >= 0.6 is 0 Å². The van der Waals surface area contributed by atoms with Gasteiger partial charge in [-0.3, -0.25) is 19.2 Å². The van der Waals surface area contributed by atoms with Gasteiger partial charge >= 0.3 is 5.97 Å². The lowest BCUT2D eigenvalue weighted by molar-refractivity contribution is -0.141. The number of amides is 3. The van der Waals surface area contributed by atoms with Crippen molar-refractivity contribution in [1.29, 1.82) is 0 Å². The Balaban J connectivity index is 1.54. The molecule has 3 amide bonds. The Hall–Kier alpha value is -4.19. The van der Waals surface area contributed by atoms with Gasteiger partial charge in [0.15, 0.2) is 0 Å². The Bertz CT molecular complexity index is 1160. The molecule has 2 heterocycles. The zero-order valence-corrected chi connectivity index (χ0v) is 18.5. The van der Waals surface area contributed by atoms with E-state index in [0.717, 1.165) is 16.5 Å². The molecule has 0 radical (unpaired) electrons. The van der Waals surface area contributed by atoms with E-state index >= 15 is 0 Å². The number of aromatic nitrogens is 3. The van der Waals surface area contributed by atoms with Gasteiger partial charge in [-0.05, 0) is 25.0 Å². The van der Waals surface area contributed by atoms with E-state index in [1.165, 1.54) is 19.4 Å². The van der Waals surface area contributed by atoms with Crippen molar-refractivity contribution in [3.8, 4) is 0 Å². The first-order chi connectivity index (χ1) is 16.2. The fourth-order valence-electron chi connectivity index (χ4n) is 3.38. The van der Waals surface area contributed by atoms with Crippen LogP contribution < -0.4 is 21.7 Å². The zero-order chi connectivity index (χ0) is 24.7. The number of hydrogen-bond donors (Lipinski definition) is 7. The topological polar surface area (TPSA) is 195 Å². The normalized spacial score (nSPS) is 13.6. The number of aromatic amines is 2. The number of benzene rings is 1. The Morgan fingerprint density at radius 2 is 1.85 bits per heavy atom. The molecule has 0 bridgehead atoms. The maximum atomic E-state index is 12.5. The number of imidazole rings is 1. The predicted molar refractivity (Wildman–Crippen MR) is 122 cm³/mol. The highest BCUT2D eigenvalue weighted by Crippen LogP contribution is 2.18. The summed E-state index contributed by atoms with van der Waals surface area (Å²) in [5.41, 5.74) is 8.40. The smallest absolute Gasteiger partial charge is 0.325 e. The van der Waals surface area contributed by atoms with E-state index in [-0.39, 0.29) is 12.8 Å². The van der Waals surface area contributed by atoms with Crippen molar-refractivity contribution < 1.29 is 24.3 Å². The molecule has 34 heavy (non-hydrogen) atoms. The number of carbonyl (C=O) groups excluding carboxylic acids is 3. The lowest BCUT2D eigenvalue weighted by Crippen LogP contribution is -2.54. The molecule has 0 aliphatic rings. The second kappa shape index (κ2) is 11.1. The first-order valence-corrected chi connectivity index (χ1v) is 10.6. The minimum atomic E-state index is -1.21. The molecule has 0 aliphatic carbocycles. The number of carboxylic acids is 1. The molecule has 3 atom stereocenters. The van der Waals surface area contributed by atoms with Crippen LogP contribution in [0.3, 0.4) is 0 Å². The van der Waals surface area contributed by atoms with Crippen LogP contribution in [0.5, 0.6) is 0 Å². The molecule has 3 unspecified atom stereocenters. The Morgan fingerprint density at radius 3 is 2.56 bits per heavy atom. The number of hydrogen-bond acceptors (Lipinski definition) is 6. The van der Waals surface area contributed by atoms with Crippen LogP contribution in [0.4, 0.5) is 0 Å². The maximum Gasteiger partial charge on any atom is 0.325 e. The quantitative estimate of drug-likeness (QED) is 0.191. The van der Waals surface area contributed by atoms with E-state index in [2.05, 4.69) is 30.9 Å². The molecule has 3 rings (SSSR count). The molecule has 8 N–H and O–H groups in total. The maximum absolute atomic E-state index is 12.5. The third-order valence-electron chi connectivity index (χ3n) is 5.23. The number of para-hydroxylation sites is 1. The molecular formula is C22H27N7O5. The summed E-state index contributed by atoms with van der Waals surface area (Å²) in [5, 5.41) is 17.3. The van der Waals surface area contributed by atoms with E-state index in [1.54, 1.807) is 6.20 Å². The van der Waals surface area contributed by atoms with Gasteiger partial charge in [0.25, 0.3) is 0 Å². The van der Waals surface area contributed by atoms with Gasteiger partial charge in [0.1, 0.15) is 12.1 Å². The van der Waals surface area contributed by atoms with Crippen LogP contribution in [0.2, 0.25) is 0 Å². The van der Waals surface area contributed by atoms with Gasteiger partial charge in [-0.1, -0.05) is 18.2 Å². The van der Waals surface area contributed by atoms with Crippen LogP contribution in [0.1, 0.15) is 18.2 Å². The number of aliphatic carboxylic acids is 1. The SMILES string of the molecule is CC(NC(=O)C(Cc1cnc[nH]1)NC(=O)CNC(=O)C(N)Cc1c[nH]c2ccccc12)C(=O)O. The summed E-state index contributed by atoms with van der Waals surface area (Å²) in [6.45, 7) is 0.909. The predicted octanol–water partition coefficient (Wildman–Crippen LogP) is -0.806. The van der Waals surface area contributed by atoms with Gasteiger partial charge in [0.2, 0.25) is 17.7 Å². The van der Waals surface area contributed by atoms with Crippen LogP contribution in [0.15, 0.2) is 43.0 Å². The van der Waals surface area contributed by atoms with Gasteiger partial charge in [0.05, 0.1) is 18.9 Å². The molecule has 12 nitrogen and oxygen atoms in total. The standard InChI is InChI=1S/C22H27N7O5/c1-12(22(33)34)28-21(32)18(7-14-9-24-11-27-14)29-19(30)10-26-20(31)16(23)6-13-8-25-17-5-3-2-4-15(13)17/h2-5,8-9,11-12,16,18,25H,6-7,10,23H2,1H3,(H,24,27)(H,26,31)(H,28,32)(H,29,30)(H,33,34). The summed E-state index contributed by atoms with van der Waals surface area (Å²) in [7, 11) is 0. The molecule has 2 aromatic heterocycles. The number of carboxylic acid groups (broad SMARTS) is 1. The Kier molecular flexibility index (Phi) is 7.98. The second-order valence-corrected chi connectivity index (χ2v) is 7.86. The molecule has 0 saturated carbocycles. The molecule has 3 aromatic rings. The summed E-state index contributed by atoms with van der Waals surface area (Å²) in [6.07, 6.45) is 5.02. The summed E-state index contributed by atoms with van der Waals surface area (Å²) in [4.78, 5) is 58.2. The highest BCUT2D eigenvalue weighted by molar-refractivity contribution is 5.93. The number of fused-ring (bicyclic) bond motifs is 1. The fourth-order valence-corrected chi connectivity index (χ4v) is 3.38. The molecule has 0 saturated heterocycles. The van der Waals surface area contributed by atoms with Gasteiger partial charge in [-0.2, -0.15) is 0 Å².